The first-order chi connectivity index (χ1) is 3.41. The van der Waals surface area contributed by atoms with E-state index >= 15 is 0 Å². The number of halogens is 1. The Hall–Kier alpha value is 0.285. The third-order valence-electron chi connectivity index (χ3n) is 0.711. The zero-order valence-corrected chi connectivity index (χ0v) is 6.24. The van der Waals surface area contributed by atoms with Crippen LogP contribution in [-0.4, -0.2) is 13.2 Å². The van der Waals surface area contributed by atoms with Crippen LogP contribution in [0.15, 0.2) is 12.2 Å². The first kappa shape index (κ1) is 7.28. The Balaban J connectivity index is 2.78. The summed E-state index contributed by atoms with van der Waals surface area (Å²) in [6.07, 6.45) is 6.79. The first-order valence-electron chi connectivity index (χ1n) is 2.62. The lowest BCUT2D eigenvalue weighted by atomic mass is 10.0. The lowest BCUT2D eigenvalue weighted by molar-refractivity contribution is 1.21. The molecule has 0 bridgehead atoms. The zero-order valence-electron chi connectivity index (χ0n) is 4.65. The van der Waals surface area contributed by atoms with Crippen molar-refractivity contribution in [3.05, 3.63) is 12.2 Å². The first-order valence-corrected chi connectivity index (χ1v) is 3.75. The Bertz CT molecular complexity index is 52.0. The molecule has 40 valence electrons. The van der Waals surface area contributed by atoms with Gasteiger partial charge in [0.15, 0.2) is 0 Å². The maximum atomic E-state index is 3.29. The molecular formula is C5H10BBr. The Labute approximate surface area is 54.5 Å². The van der Waals surface area contributed by atoms with Gasteiger partial charge in [0.25, 0.3) is 0 Å². The van der Waals surface area contributed by atoms with Crippen LogP contribution in [0.2, 0.25) is 6.32 Å². The normalized spacial score (nSPS) is 10.4. The molecule has 0 aromatic rings. The summed E-state index contributed by atoms with van der Waals surface area (Å²) < 4.78 is 0. The van der Waals surface area contributed by atoms with Gasteiger partial charge in [-0.05, 0) is 6.42 Å². The minimum atomic E-state index is 0.993. The van der Waals surface area contributed by atoms with E-state index in [-0.39, 0.29) is 0 Å². The molecular weight excluding hydrogens is 151 g/mol. The van der Waals surface area contributed by atoms with Gasteiger partial charge in [-0.2, -0.15) is 0 Å². The maximum Gasteiger partial charge on any atom is 0.101 e. The van der Waals surface area contributed by atoms with E-state index in [0.29, 0.717) is 0 Å². The highest BCUT2D eigenvalue weighted by molar-refractivity contribution is 9.09. The van der Waals surface area contributed by atoms with Crippen LogP contribution in [-0.2, 0) is 0 Å². The largest absolute Gasteiger partial charge is 0.101 e. The van der Waals surface area contributed by atoms with Gasteiger partial charge in [0.2, 0.25) is 0 Å². The lowest BCUT2D eigenvalue weighted by Crippen LogP contribution is -1.64. The molecule has 0 aromatic carbocycles. The molecule has 0 unspecified atom stereocenters. The van der Waals surface area contributed by atoms with Crippen LogP contribution >= 0.6 is 15.9 Å². The Morgan fingerprint density at radius 2 is 2.14 bits per heavy atom. The molecule has 2 heteroatoms. The second-order valence-electron chi connectivity index (χ2n) is 1.41. The van der Waals surface area contributed by atoms with Crippen LogP contribution in [0.5, 0.6) is 0 Å². The van der Waals surface area contributed by atoms with Crippen molar-refractivity contribution in [3.8, 4) is 0 Å². The zero-order chi connectivity index (χ0) is 5.54. The Morgan fingerprint density at radius 1 is 1.43 bits per heavy atom. The molecule has 0 atom stereocenters. The molecule has 0 amide bonds. The third-order valence-corrected chi connectivity index (χ3v) is 1.08. The predicted octanol–water partition coefficient (Wildman–Crippen LogP) is 1.38. The number of allylic oxidation sites excluding steroid dienone is 2. The van der Waals surface area contributed by atoms with Gasteiger partial charge in [0.05, 0.1) is 0 Å². The van der Waals surface area contributed by atoms with E-state index in [4.69, 9.17) is 0 Å². The molecule has 0 spiro atoms. The van der Waals surface area contributed by atoms with Crippen LogP contribution in [0, 0.1) is 0 Å². The standard InChI is InChI=1S/C5H10BBr/c6-4-2-1-3-5-7/h1,3H,2,4-6H2/b3-1+. The molecule has 0 aliphatic carbocycles. The molecule has 0 saturated carbocycles. The Kier molecular flexibility index (Phi) is 6.54. The molecule has 0 aromatic heterocycles. The molecule has 0 heterocycles. The summed E-state index contributed by atoms with van der Waals surface area (Å²) in [5, 5.41) is 0.993. The number of hydrogen-bond acceptors (Lipinski definition) is 0. The molecule has 0 saturated heterocycles. The topological polar surface area (TPSA) is 0 Å². The molecule has 0 rings (SSSR count). The molecule has 0 fully saturated rings. The minimum absolute atomic E-state index is 0.993. The van der Waals surface area contributed by atoms with Crippen molar-refractivity contribution in [2.75, 3.05) is 5.33 Å². The highest BCUT2D eigenvalue weighted by atomic mass is 79.9. The van der Waals surface area contributed by atoms with E-state index in [0.717, 1.165) is 5.33 Å². The van der Waals surface area contributed by atoms with Gasteiger partial charge in [-0.3, -0.25) is 0 Å². The predicted molar refractivity (Wildman–Crippen MR) is 40.9 cm³/mol. The number of alkyl halides is 1. The van der Waals surface area contributed by atoms with E-state index in [9.17, 15) is 0 Å². The van der Waals surface area contributed by atoms with E-state index in [1.54, 1.807) is 0 Å². The fourth-order valence-electron chi connectivity index (χ4n) is 0.348. The molecule has 0 aliphatic rings. The monoisotopic (exact) mass is 160 g/mol. The summed E-state index contributed by atoms with van der Waals surface area (Å²) in [6, 6.07) is 0. The van der Waals surface area contributed by atoms with E-state index in [1.807, 2.05) is 0 Å². The van der Waals surface area contributed by atoms with Crippen LogP contribution in [0.25, 0.3) is 0 Å². The molecule has 0 N–H and O–H groups in total. The maximum absolute atomic E-state index is 3.29. The minimum Gasteiger partial charge on any atom is -0.0884 e. The molecule has 7 heavy (non-hydrogen) atoms. The quantitative estimate of drug-likeness (QED) is 0.333. The molecule has 0 nitrogen and oxygen atoms in total. The van der Waals surface area contributed by atoms with Crippen LogP contribution in [0.1, 0.15) is 6.42 Å². The SMILES string of the molecule is BCC/C=C/CBr. The number of hydrogen-bond donors (Lipinski definition) is 0. The van der Waals surface area contributed by atoms with Crippen LogP contribution in [0.3, 0.4) is 0 Å². The third kappa shape index (κ3) is 6.28. The van der Waals surface area contributed by atoms with E-state index in [1.165, 1.54) is 12.7 Å². The van der Waals surface area contributed by atoms with Gasteiger partial charge in [-0.15, -0.1) is 0 Å². The van der Waals surface area contributed by atoms with Gasteiger partial charge >= 0.3 is 0 Å². The molecule has 0 aliphatic heterocycles. The van der Waals surface area contributed by atoms with E-state index < -0.39 is 0 Å². The van der Waals surface area contributed by atoms with Crippen molar-refractivity contribution in [1.29, 1.82) is 0 Å². The van der Waals surface area contributed by atoms with Crippen molar-refractivity contribution in [3.63, 3.8) is 0 Å². The summed E-state index contributed by atoms with van der Waals surface area (Å²) in [5.74, 6) is 0. The summed E-state index contributed by atoms with van der Waals surface area (Å²) in [5.41, 5.74) is 0. The van der Waals surface area contributed by atoms with Gasteiger partial charge < -0.3 is 0 Å². The Morgan fingerprint density at radius 3 is 2.57 bits per heavy atom. The molecule has 0 radical (unpaired) electrons. The van der Waals surface area contributed by atoms with Gasteiger partial charge in [-0.25, -0.2) is 0 Å². The number of rotatable bonds is 3. The fourth-order valence-corrected chi connectivity index (χ4v) is 0.612. The van der Waals surface area contributed by atoms with Gasteiger partial charge in [0, 0.05) is 5.33 Å². The summed E-state index contributed by atoms with van der Waals surface area (Å²) in [4.78, 5) is 0. The smallest absolute Gasteiger partial charge is 0.0884 e. The fraction of sp³-hybridized carbons (Fsp3) is 0.600. The van der Waals surface area contributed by atoms with Gasteiger partial charge in [0.1, 0.15) is 7.85 Å². The second-order valence-corrected chi connectivity index (χ2v) is 2.06. The highest BCUT2D eigenvalue weighted by Crippen LogP contribution is 1.88. The van der Waals surface area contributed by atoms with Crippen LogP contribution in [0.4, 0.5) is 0 Å². The average Bonchev–Trinajstić information content (AvgIpc) is 1.69. The van der Waals surface area contributed by atoms with Crippen molar-refractivity contribution >= 4 is 23.8 Å². The van der Waals surface area contributed by atoms with Crippen molar-refractivity contribution in [2.45, 2.75) is 12.7 Å². The summed E-state index contributed by atoms with van der Waals surface area (Å²) in [7, 11) is 2.18. The average molecular weight is 161 g/mol. The van der Waals surface area contributed by atoms with Crippen molar-refractivity contribution < 1.29 is 0 Å². The summed E-state index contributed by atoms with van der Waals surface area (Å²) in [6.45, 7) is 0. The van der Waals surface area contributed by atoms with Crippen molar-refractivity contribution in [2.24, 2.45) is 0 Å². The lowest BCUT2D eigenvalue weighted by Gasteiger charge is -1.78. The van der Waals surface area contributed by atoms with Crippen LogP contribution < -0.4 is 0 Å². The highest BCUT2D eigenvalue weighted by Gasteiger charge is 1.69. The summed E-state index contributed by atoms with van der Waals surface area (Å²) >= 11 is 3.29. The van der Waals surface area contributed by atoms with Crippen molar-refractivity contribution in [1.82, 2.24) is 0 Å². The second kappa shape index (κ2) is 6.28. The van der Waals surface area contributed by atoms with Gasteiger partial charge in [-0.1, -0.05) is 34.4 Å². The van der Waals surface area contributed by atoms with E-state index in [2.05, 4.69) is 35.9 Å².